The van der Waals surface area contributed by atoms with Crippen LogP contribution in [0.5, 0.6) is 0 Å². The number of benzene rings is 2. The molecular formula is C20H15N3O5S2. The van der Waals surface area contributed by atoms with Crippen molar-refractivity contribution in [1.82, 2.24) is 4.72 Å². The van der Waals surface area contributed by atoms with Crippen LogP contribution in [0.4, 0.5) is 11.4 Å². The van der Waals surface area contributed by atoms with Crippen molar-refractivity contribution in [3.8, 4) is 0 Å². The number of carbonyl (C=O) groups is 3. The number of fused-ring (bicyclic) bond motifs is 1. The highest BCUT2D eigenvalue weighted by Gasteiger charge is 2.36. The average molecular weight is 441 g/mol. The Kier molecular flexibility index (Phi) is 5.20. The maximum absolute atomic E-state index is 12.6. The molecule has 1 aliphatic heterocycles. The third-order valence-electron chi connectivity index (χ3n) is 4.36. The molecule has 1 aliphatic rings. The molecule has 3 aromatic rings. The van der Waals surface area contributed by atoms with Crippen LogP contribution in [0.25, 0.3) is 0 Å². The summed E-state index contributed by atoms with van der Waals surface area (Å²) in [5, 5.41) is 4.19. The second kappa shape index (κ2) is 7.82. The smallest absolute Gasteiger partial charge is 0.266 e. The normalized spacial score (nSPS) is 13.4. The average Bonchev–Trinajstić information content (AvgIpc) is 3.36. The number of amides is 3. The van der Waals surface area contributed by atoms with E-state index < -0.39 is 34.3 Å². The van der Waals surface area contributed by atoms with Crippen molar-refractivity contribution in [2.24, 2.45) is 0 Å². The van der Waals surface area contributed by atoms with Crippen LogP contribution in [-0.4, -0.2) is 32.7 Å². The van der Waals surface area contributed by atoms with Crippen LogP contribution in [0, 0.1) is 0 Å². The minimum atomic E-state index is -3.76. The fourth-order valence-corrected chi connectivity index (χ4v) is 5.02. The molecule has 2 N–H and O–H groups in total. The number of sulfonamides is 1. The van der Waals surface area contributed by atoms with Crippen molar-refractivity contribution in [3.05, 3.63) is 77.2 Å². The zero-order valence-corrected chi connectivity index (χ0v) is 17.0. The zero-order chi connectivity index (χ0) is 21.3. The molecule has 0 saturated heterocycles. The first-order valence-electron chi connectivity index (χ1n) is 8.78. The zero-order valence-electron chi connectivity index (χ0n) is 15.4. The molecule has 0 bridgehead atoms. The number of hydrogen-bond acceptors (Lipinski definition) is 6. The second-order valence-corrected chi connectivity index (χ2v) is 9.29. The summed E-state index contributed by atoms with van der Waals surface area (Å²) >= 11 is 1.05. The fourth-order valence-electron chi connectivity index (χ4n) is 3.00. The second-order valence-electron chi connectivity index (χ2n) is 6.35. The molecule has 0 aliphatic carbocycles. The third kappa shape index (κ3) is 3.75. The summed E-state index contributed by atoms with van der Waals surface area (Å²) in [6.45, 7) is -0.461. The van der Waals surface area contributed by atoms with E-state index in [1.807, 2.05) is 0 Å². The maximum Gasteiger partial charge on any atom is 0.266 e. The lowest BCUT2D eigenvalue weighted by Gasteiger charge is -2.15. The molecular weight excluding hydrogens is 426 g/mol. The van der Waals surface area contributed by atoms with Crippen molar-refractivity contribution < 1.29 is 22.8 Å². The first-order chi connectivity index (χ1) is 14.4. The summed E-state index contributed by atoms with van der Waals surface area (Å²) in [5.41, 5.74) is 1.27. The summed E-state index contributed by atoms with van der Waals surface area (Å²) in [6, 6.07) is 15.8. The first-order valence-corrected chi connectivity index (χ1v) is 11.1. The summed E-state index contributed by atoms with van der Waals surface area (Å²) < 4.78 is 26.5. The molecule has 10 heteroatoms. The van der Waals surface area contributed by atoms with E-state index in [4.69, 9.17) is 0 Å². The number of hydrogen-bond donors (Lipinski definition) is 2. The molecule has 2 heterocycles. The fraction of sp³-hybridized carbons (Fsp3) is 0.0500. The number of anilines is 2. The van der Waals surface area contributed by atoms with E-state index in [2.05, 4.69) is 10.0 Å². The number of carbonyl (C=O) groups excluding carboxylic acids is 3. The molecule has 2 aromatic carbocycles. The number of thiophene rings is 1. The quantitative estimate of drug-likeness (QED) is 0.571. The molecule has 0 atom stereocenters. The highest BCUT2D eigenvalue weighted by atomic mass is 32.2. The molecule has 152 valence electrons. The largest absolute Gasteiger partial charge is 0.325 e. The third-order valence-corrected chi connectivity index (χ3v) is 7.16. The van der Waals surface area contributed by atoms with Gasteiger partial charge >= 0.3 is 0 Å². The predicted molar refractivity (Wildman–Crippen MR) is 112 cm³/mol. The van der Waals surface area contributed by atoms with Crippen molar-refractivity contribution in [1.29, 1.82) is 0 Å². The Morgan fingerprint density at radius 2 is 1.63 bits per heavy atom. The van der Waals surface area contributed by atoms with Crippen molar-refractivity contribution >= 4 is 50.5 Å². The lowest BCUT2D eigenvalue weighted by Crippen LogP contribution is -2.32. The molecule has 8 nitrogen and oxygen atoms in total. The van der Waals surface area contributed by atoms with Gasteiger partial charge in [-0.05, 0) is 41.8 Å². The van der Waals surface area contributed by atoms with Gasteiger partial charge in [0.25, 0.3) is 21.8 Å². The van der Waals surface area contributed by atoms with Gasteiger partial charge in [0.2, 0.25) is 5.91 Å². The Hall–Kier alpha value is -3.34. The van der Waals surface area contributed by atoms with Crippen LogP contribution in [-0.2, 0) is 14.8 Å². The summed E-state index contributed by atoms with van der Waals surface area (Å²) in [6.07, 6.45) is 0. The maximum atomic E-state index is 12.6. The van der Waals surface area contributed by atoms with E-state index in [1.165, 1.54) is 12.1 Å². The molecule has 0 fully saturated rings. The predicted octanol–water partition coefficient (Wildman–Crippen LogP) is 2.47. The minimum absolute atomic E-state index is 0.114. The lowest BCUT2D eigenvalue weighted by atomic mass is 10.1. The van der Waals surface area contributed by atoms with Gasteiger partial charge in [-0.1, -0.05) is 24.3 Å². The van der Waals surface area contributed by atoms with Gasteiger partial charge in [0.05, 0.1) is 23.4 Å². The van der Waals surface area contributed by atoms with Crippen molar-refractivity contribution in [2.45, 2.75) is 4.21 Å². The van der Waals surface area contributed by atoms with E-state index in [1.54, 1.807) is 53.9 Å². The Bertz CT molecular complexity index is 1220. The number of imide groups is 1. The van der Waals surface area contributed by atoms with E-state index in [0.717, 1.165) is 16.2 Å². The van der Waals surface area contributed by atoms with Crippen LogP contribution in [0.2, 0.25) is 0 Å². The number of nitrogens with zero attached hydrogens (tertiary/aromatic N) is 1. The first kappa shape index (κ1) is 20.0. The van der Waals surface area contributed by atoms with Gasteiger partial charge in [0.15, 0.2) is 0 Å². The Morgan fingerprint density at radius 3 is 2.27 bits per heavy atom. The van der Waals surface area contributed by atoms with E-state index in [9.17, 15) is 22.8 Å². The molecule has 4 rings (SSSR count). The summed E-state index contributed by atoms with van der Waals surface area (Å²) in [4.78, 5) is 38.4. The van der Waals surface area contributed by atoms with Gasteiger partial charge in [0, 0.05) is 5.69 Å². The van der Waals surface area contributed by atoms with Crippen molar-refractivity contribution in [2.75, 3.05) is 16.8 Å². The van der Waals surface area contributed by atoms with Gasteiger partial charge in [-0.2, -0.15) is 0 Å². The van der Waals surface area contributed by atoms with Gasteiger partial charge < -0.3 is 5.32 Å². The molecule has 1 aromatic heterocycles. The van der Waals surface area contributed by atoms with Crippen molar-refractivity contribution in [3.63, 3.8) is 0 Å². The summed E-state index contributed by atoms with van der Waals surface area (Å²) in [7, 11) is -3.76. The minimum Gasteiger partial charge on any atom is -0.325 e. The molecule has 0 spiro atoms. The van der Waals surface area contributed by atoms with Crippen LogP contribution >= 0.6 is 11.3 Å². The number of nitrogens with one attached hydrogen (secondary N) is 2. The highest BCUT2D eigenvalue weighted by Crippen LogP contribution is 2.29. The molecule has 0 unspecified atom stereocenters. The Labute approximate surface area is 176 Å². The topological polar surface area (TPSA) is 113 Å². The van der Waals surface area contributed by atoms with Gasteiger partial charge in [-0.3, -0.25) is 14.4 Å². The van der Waals surface area contributed by atoms with Crippen LogP contribution in [0.3, 0.4) is 0 Å². The van der Waals surface area contributed by atoms with Crippen LogP contribution < -0.4 is 14.9 Å². The van der Waals surface area contributed by atoms with E-state index in [0.29, 0.717) is 22.5 Å². The monoisotopic (exact) mass is 441 g/mol. The molecule has 3 amide bonds. The summed E-state index contributed by atoms with van der Waals surface area (Å²) in [5.74, 6) is -1.47. The van der Waals surface area contributed by atoms with Crippen LogP contribution in [0.15, 0.2) is 70.3 Å². The standard InChI is InChI=1S/C20H15N3O5S2/c24-17(12-21-30(27,28)18-9-4-10-29-18)22-13-5-3-6-14(11-13)23-19(25)15-7-1-2-8-16(15)20(23)26/h1-11,21H,12H2,(H,22,24). The van der Waals surface area contributed by atoms with E-state index >= 15 is 0 Å². The SMILES string of the molecule is O=C(CNS(=O)(=O)c1cccs1)Nc1cccc(N2C(=O)c3ccccc3C2=O)c1. The Morgan fingerprint density at radius 1 is 0.933 bits per heavy atom. The van der Waals surface area contributed by atoms with Crippen LogP contribution in [0.1, 0.15) is 20.7 Å². The lowest BCUT2D eigenvalue weighted by molar-refractivity contribution is -0.115. The molecule has 0 saturated carbocycles. The van der Waals surface area contributed by atoms with Gasteiger partial charge in [-0.25, -0.2) is 18.0 Å². The highest BCUT2D eigenvalue weighted by molar-refractivity contribution is 7.91. The molecule has 30 heavy (non-hydrogen) atoms. The number of rotatable bonds is 6. The van der Waals surface area contributed by atoms with Gasteiger partial charge in [0.1, 0.15) is 4.21 Å². The molecule has 0 radical (unpaired) electrons. The van der Waals surface area contributed by atoms with Gasteiger partial charge in [-0.15, -0.1) is 11.3 Å². The Balaban J connectivity index is 1.46. The van der Waals surface area contributed by atoms with E-state index in [-0.39, 0.29) is 4.21 Å².